The molecule has 1 N–H and O–H groups in total. The van der Waals surface area contributed by atoms with E-state index in [0.717, 1.165) is 17.7 Å². The number of nitrogens with zero attached hydrogens (tertiary/aromatic N) is 1. The molecule has 1 aromatic heterocycles. The molecule has 1 aliphatic rings. The lowest BCUT2D eigenvalue weighted by Crippen LogP contribution is -2.25. The molecule has 0 radical (unpaired) electrons. The molecular weight excluding hydrogens is 336 g/mol. The molecule has 5 nitrogen and oxygen atoms in total. The molecule has 1 unspecified atom stereocenters. The van der Waals surface area contributed by atoms with E-state index in [4.69, 9.17) is 0 Å². The van der Waals surface area contributed by atoms with Crippen LogP contribution in [0.4, 0.5) is 16.2 Å². The lowest BCUT2D eigenvalue weighted by Gasteiger charge is -2.16. The average Bonchev–Trinajstić information content (AvgIpc) is 3.04. The van der Waals surface area contributed by atoms with Crippen molar-refractivity contribution in [3.63, 3.8) is 0 Å². The summed E-state index contributed by atoms with van der Waals surface area (Å²) in [5.41, 5.74) is 2.72. The van der Waals surface area contributed by atoms with Gasteiger partial charge < -0.3 is 10.1 Å². The van der Waals surface area contributed by atoms with Gasteiger partial charge in [-0.05, 0) is 61.1 Å². The topological polar surface area (TPSA) is 58.6 Å². The van der Waals surface area contributed by atoms with Gasteiger partial charge in [-0.1, -0.05) is 6.92 Å². The van der Waals surface area contributed by atoms with E-state index in [1.807, 2.05) is 6.07 Å². The predicted octanol–water partition coefficient (Wildman–Crippen LogP) is 4.33. The van der Waals surface area contributed by atoms with Gasteiger partial charge >= 0.3 is 6.09 Å². The second kappa shape index (κ2) is 7.27. The summed E-state index contributed by atoms with van der Waals surface area (Å²) in [6, 6.07) is 9.14. The van der Waals surface area contributed by atoms with Crippen molar-refractivity contribution in [3.05, 3.63) is 45.6 Å². The summed E-state index contributed by atoms with van der Waals surface area (Å²) in [5, 5.41) is 2.92. The zero-order valence-corrected chi connectivity index (χ0v) is 15.5. The number of aryl methyl sites for hydroxylation is 1. The number of rotatable bonds is 3. The van der Waals surface area contributed by atoms with Crippen LogP contribution in [0.15, 0.2) is 30.3 Å². The summed E-state index contributed by atoms with van der Waals surface area (Å²) in [6.07, 6.45) is 2.90. The molecule has 1 aliphatic carbocycles. The number of benzene rings is 1. The van der Waals surface area contributed by atoms with Crippen molar-refractivity contribution >= 4 is 34.7 Å². The van der Waals surface area contributed by atoms with Gasteiger partial charge in [-0.25, -0.2) is 4.79 Å². The Kier molecular flexibility index (Phi) is 5.08. The highest BCUT2D eigenvalue weighted by Gasteiger charge is 2.20. The lowest BCUT2D eigenvalue weighted by molar-refractivity contribution is 0.103. The molecule has 0 aliphatic heterocycles. The maximum absolute atomic E-state index is 12.5. The van der Waals surface area contributed by atoms with Crippen LogP contribution in [0.3, 0.4) is 0 Å². The van der Waals surface area contributed by atoms with Crippen LogP contribution in [-0.4, -0.2) is 26.2 Å². The van der Waals surface area contributed by atoms with Crippen molar-refractivity contribution in [2.24, 2.45) is 5.92 Å². The first-order valence-corrected chi connectivity index (χ1v) is 9.14. The van der Waals surface area contributed by atoms with E-state index in [2.05, 4.69) is 17.0 Å². The first-order chi connectivity index (χ1) is 12.0. The number of carbonyl (C=O) groups excluding carboxylic acids is 2. The molecule has 3 rings (SSSR count). The zero-order valence-electron chi connectivity index (χ0n) is 14.7. The minimum atomic E-state index is -0.435. The summed E-state index contributed by atoms with van der Waals surface area (Å²) < 4.78 is 4.69. The Labute approximate surface area is 151 Å². The van der Waals surface area contributed by atoms with Crippen LogP contribution in [0.25, 0.3) is 0 Å². The SMILES string of the molecule is COC(=O)N(C)c1ccc(NC(=O)c2cc3c(s2)CCC(C)C3)cc1. The number of carbonyl (C=O) groups is 2. The summed E-state index contributed by atoms with van der Waals surface area (Å²) in [5.74, 6) is 0.610. The van der Waals surface area contributed by atoms with Crippen LogP contribution in [0.2, 0.25) is 0 Å². The molecule has 25 heavy (non-hydrogen) atoms. The highest BCUT2D eigenvalue weighted by atomic mass is 32.1. The van der Waals surface area contributed by atoms with Crippen LogP contribution in [0.1, 0.15) is 33.5 Å². The van der Waals surface area contributed by atoms with Gasteiger partial charge in [-0.15, -0.1) is 11.3 Å². The van der Waals surface area contributed by atoms with Crippen LogP contribution >= 0.6 is 11.3 Å². The Morgan fingerprint density at radius 1 is 1.28 bits per heavy atom. The van der Waals surface area contributed by atoms with E-state index < -0.39 is 6.09 Å². The summed E-state index contributed by atoms with van der Waals surface area (Å²) in [4.78, 5) is 27.5. The average molecular weight is 358 g/mol. The van der Waals surface area contributed by atoms with Gasteiger partial charge in [-0.3, -0.25) is 9.69 Å². The van der Waals surface area contributed by atoms with Crippen molar-refractivity contribution < 1.29 is 14.3 Å². The minimum Gasteiger partial charge on any atom is -0.452 e. The van der Waals surface area contributed by atoms with Crippen molar-refractivity contribution in [1.82, 2.24) is 0 Å². The molecule has 0 fully saturated rings. The van der Waals surface area contributed by atoms with Crippen molar-refractivity contribution in [3.8, 4) is 0 Å². The second-order valence-electron chi connectivity index (χ2n) is 6.44. The highest BCUT2D eigenvalue weighted by molar-refractivity contribution is 7.14. The van der Waals surface area contributed by atoms with Crippen LogP contribution in [0, 0.1) is 5.92 Å². The number of amides is 2. The third kappa shape index (κ3) is 3.85. The fraction of sp³-hybridized carbons (Fsp3) is 0.368. The summed E-state index contributed by atoms with van der Waals surface area (Å²) >= 11 is 1.60. The van der Waals surface area contributed by atoms with Gasteiger partial charge in [0, 0.05) is 23.3 Å². The van der Waals surface area contributed by atoms with E-state index in [1.165, 1.54) is 28.9 Å². The zero-order chi connectivity index (χ0) is 18.0. The van der Waals surface area contributed by atoms with Gasteiger partial charge in [0.15, 0.2) is 0 Å². The van der Waals surface area contributed by atoms with Gasteiger partial charge in [0.25, 0.3) is 5.91 Å². The molecule has 2 aromatic rings. The monoisotopic (exact) mass is 358 g/mol. The third-order valence-electron chi connectivity index (χ3n) is 4.51. The van der Waals surface area contributed by atoms with Gasteiger partial charge in [0.05, 0.1) is 12.0 Å². The molecule has 132 valence electrons. The predicted molar refractivity (Wildman–Crippen MR) is 101 cm³/mol. The Hall–Kier alpha value is -2.34. The first-order valence-electron chi connectivity index (χ1n) is 8.32. The van der Waals surface area contributed by atoms with E-state index in [-0.39, 0.29) is 5.91 Å². The molecular formula is C19H22N2O3S. The smallest absolute Gasteiger partial charge is 0.413 e. The first kappa shape index (κ1) is 17.5. The second-order valence-corrected chi connectivity index (χ2v) is 7.57. The molecule has 6 heteroatoms. The Bertz CT molecular complexity index is 782. The van der Waals surface area contributed by atoms with E-state index in [1.54, 1.807) is 42.6 Å². The van der Waals surface area contributed by atoms with Crippen molar-refractivity contribution in [2.45, 2.75) is 26.2 Å². The molecule has 0 bridgehead atoms. The van der Waals surface area contributed by atoms with E-state index in [0.29, 0.717) is 17.3 Å². The summed E-state index contributed by atoms with van der Waals surface area (Å²) in [6.45, 7) is 2.26. The number of hydrogen-bond donors (Lipinski definition) is 1. The van der Waals surface area contributed by atoms with E-state index in [9.17, 15) is 9.59 Å². The van der Waals surface area contributed by atoms with Crippen LogP contribution in [0.5, 0.6) is 0 Å². The molecule has 0 spiro atoms. The molecule has 1 aromatic carbocycles. The number of nitrogens with one attached hydrogen (secondary N) is 1. The normalized spacial score (nSPS) is 16.0. The Balaban J connectivity index is 1.68. The summed E-state index contributed by atoms with van der Waals surface area (Å²) in [7, 11) is 2.98. The molecule has 2 amide bonds. The highest BCUT2D eigenvalue weighted by Crippen LogP contribution is 2.32. The maximum atomic E-state index is 12.5. The fourth-order valence-corrected chi connectivity index (χ4v) is 4.12. The lowest BCUT2D eigenvalue weighted by atomic mass is 9.90. The third-order valence-corrected chi connectivity index (χ3v) is 5.75. The van der Waals surface area contributed by atoms with Crippen LogP contribution < -0.4 is 10.2 Å². The number of hydrogen-bond acceptors (Lipinski definition) is 4. The number of anilines is 2. The van der Waals surface area contributed by atoms with E-state index >= 15 is 0 Å². The maximum Gasteiger partial charge on any atom is 0.413 e. The number of ether oxygens (including phenoxy) is 1. The van der Waals surface area contributed by atoms with Gasteiger partial charge in [0.2, 0.25) is 0 Å². The molecule has 0 saturated carbocycles. The molecule has 0 saturated heterocycles. The van der Waals surface area contributed by atoms with Gasteiger partial charge in [0.1, 0.15) is 0 Å². The number of methoxy groups -OCH3 is 1. The standard InChI is InChI=1S/C19H22N2O3S/c1-12-4-9-16-13(10-12)11-17(25-16)18(22)20-14-5-7-15(8-6-14)21(2)19(23)24-3/h5-8,11-12H,4,9-10H2,1-3H3,(H,20,22). The largest absolute Gasteiger partial charge is 0.452 e. The minimum absolute atomic E-state index is 0.0823. The Morgan fingerprint density at radius 2 is 2.00 bits per heavy atom. The fourth-order valence-electron chi connectivity index (χ4n) is 3.02. The Morgan fingerprint density at radius 3 is 2.68 bits per heavy atom. The number of thiophene rings is 1. The number of fused-ring (bicyclic) bond motifs is 1. The molecule has 1 atom stereocenters. The quantitative estimate of drug-likeness (QED) is 0.888. The van der Waals surface area contributed by atoms with Crippen molar-refractivity contribution in [1.29, 1.82) is 0 Å². The molecule has 1 heterocycles. The van der Waals surface area contributed by atoms with Crippen molar-refractivity contribution in [2.75, 3.05) is 24.4 Å². The van der Waals surface area contributed by atoms with Crippen LogP contribution in [-0.2, 0) is 17.6 Å². The van der Waals surface area contributed by atoms with Gasteiger partial charge in [-0.2, -0.15) is 0 Å².